The Kier molecular flexibility index (Phi) is 7.06. The second-order valence-electron chi connectivity index (χ2n) is 7.41. The molecule has 9 heteroatoms. The summed E-state index contributed by atoms with van der Waals surface area (Å²) in [6.07, 6.45) is 6.17. The number of fused-ring (bicyclic) bond motifs is 1. The molecule has 0 saturated carbocycles. The molecule has 2 aliphatic heterocycles. The molecular weight excluding hydrogens is 402 g/mol. The molecule has 0 spiro atoms. The first-order chi connectivity index (χ1) is 13.3. The van der Waals surface area contributed by atoms with Gasteiger partial charge in [0.15, 0.2) is 6.10 Å². The van der Waals surface area contributed by atoms with Crippen molar-refractivity contribution in [3.05, 3.63) is 23.2 Å². The highest BCUT2D eigenvalue weighted by molar-refractivity contribution is 7.92. The highest BCUT2D eigenvalue weighted by Gasteiger charge is 2.35. The lowest BCUT2D eigenvalue weighted by atomic mass is 10.2. The van der Waals surface area contributed by atoms with E-state index in [2.05, 4.69) is 10.2 Å². The Balaban J connectivity index is 1.56. The van der Waals surface area contributed by atoms with E-state index in [1.54, 1.807) is 12.1 Å². The van der Waals surface area contributed by atoms with E-state index >= 15 is 0 Å². The number of sulfonamides is 1. The Morgan fingerprint density at radius 1 is 1.25 bits per heavy atom. The van der Waals surface area contributed by atoms with Gasteiger partial charge >= 0.3 is 0 Å². The number of likely N-dealkylation sites (tertiary alicyclic amines) is 1. The normalized spacial score (nSPS) is 20.8. The van der Waals surface area contributed by atoms with E-state index in [9.17, 15) is 13.2 Å². The summed E-state index contributed by atoms with van der Waals surface area (Å²) in [5.41, 5.74) is 0.361. The molecular formula is C19H28ClN3O4S. The predicted molar refractivity (Wildman–Crippen MR) is 111 cm³/mol. The summed E-state index contributed by atoms with van der Waals surface area (Å²) < 4.78 is 31.3. The fraction of sp³-hybridized carbons (Fsp3) is 0.632. The molecule has 1 aromatic carbocycles. The van der Waals surface area contributed by atoms with Crippen LogP contribution in [-0.4, -0.2) is 64.3 Å². The van der Waals surface area contributed by atoms with Crippen molar-refractivity contribution in [1.29, 1.82) is 0 Å². The minimum atomic E-state index is -3.56. The zero-order chi connectivity index (χ0) is 20.1. The monoisotopic (exact) mass is 429 g/mol. The van der Waals surface area contributed by atoms with Crippen molar-refractivity contribution in [1.82, 2.24) is 10.2 Å². The number of nitrogens with zero attached hydrogens (tertiary/aromatic N) is 2. The topological polar surface area (TPSA) is 79.0 Å². The molecule has 1 fully saturated rings. The van der Waals surface area contributed by atoms with Crippen molar-refractivity contribution in [2.75, 3.05) is 43.3 Å². The van der Waals surface area contributed by atoms with Crippen LogP contribution in [0.2, 0.25) is 5.02 Å². The van der Waals surface area contributed by atoms with Gasteiger partial charge in [-0.3, -0.25) is 9.10 Å². The van der Waals surface area contributed by atoms with E-state index in [0.717, 1.165) is 32.3 Å². The SMILES string of the molecule is CS(=O)(=O)N1CC(C(=O)NCCCN2CCCCCC2)Oc2ccc(Cl)cc21. The number of hydrogen-bond donors (Lipinski definition) is 1. The van der Waals surface area contributed by atoms with Crippen LogP contribution in [0, 0.1) is 0 Å². The van der Waals surface area contributed by atoms with Crippen LogP contribution >= 0.6 is 11.6 Å². The molecule has 1 saturated heterocycles. The summed E-state index contributed by atoms with van der Waals surface area (Å²) in [5, 5.41) is 3.29. The number of hydrogen-bond acceptors (Lipinski definition) is 5. The Morgan fingerprint density at radius 3 is 2.64 bits per heavy atom. The van der Waals surface area contributed by atoms with E-state index in [1.165, 1.54) is 36.1 Å². The van der Waals surface area contributed by atoms with Gasteiger partial charge in [0.2, 0.25) is 10.0 Å². The fourth-order valence-electron chi connectivity index (χ4n) is 3.66. The molecule has 7 nitrogen and oxygen atoms in total. The van der Waals surface area contributed by atoms with Crippen molar-refractivity contribution >= 4 is 33.2 Å². The smallest absolute Gasteiger partial charge is 0.263 e. The van der Waals surface area contributed by atoms with Crippen LogP contribution < -0.4 is 14.4 Å². The zero-order valence-electron chi connectivity index (χ0n) is 16.2. The highest BCUT2D eigenvalue weighted by atomic mass is 35.5. The van der Waals surface area contributed by atoms with Crippen molar-refractivity contribution in [3.8, 4) is 5.75 Å². The molecule has 0 radical (unpaired) electrons. The van der Waals surface area contributed by atoms with Gasteiger partial charge in [-0.1, -0.05) is 24.4 Å². The summed E-state index contributed by atoms with van der Waals surface area (Å²) in [4.78, 5) is 15.0. The van der Waals surface area contributed by atoms with Crippen molar-refractivity contribution in [2.45, 2.75) is 38.2 Å². The molecule has 1 atom stereocenters. The molecule has 1 aromatic rings. The summed E-state index contributed by atoms with van der Waals surface area (Å²) in [6, 6.07) is 4.74. The van der Waals surface area contributed by atoms with Gasteiger partial charge in [-0.25, -0.2) is 8.42 Å². The number of ether oxygens (including phenoxy) is 1. The lowest BCUT2D eigenvalue weighted by molar-refractivity contribution is -0.127. The van der Waals surface area contributed by atoms with E-state index in [4.69, 9.17) is 16.3 Å². The summed E-state index contributed by atoms with van der Waals surface area (Å²) >= 11 is 5.99. The largest absolute Gasteiger partial charge is 0.476 e. The van der Waals surface area contributed by atoms with E-state index in [0.29, 0.717) is 23.0 Å². The quantitative estimate of drug-likeness (QED) is 0.701. The highest BCUT2D eigenvalue weighted by Crippen LogP contribution is 2.37. The third-order valence-corrected chi connectivity index (χ3v) is 6.51. The lowest BCUT2D eigenvalue weighted by Gasteiger charge is -2.34. The number of carbonyl (C=O) groups is 1. The van der Waals surface area contributed by atoms with Gasteiger partial charge in [-0.2, -0.15) is 0 Å². The van der Waals surface area contributed by atoms with E-state index in [1.807, 2.05) is 0 Å². The van der Waals surface area contributed by atoms with Crippen LogP contribution in [0.5, 0.6) is 5.75 Å². The van der Waals surface area contributed by atoms with Crippen molar-refractivity contribution in [2.24, 2.45) is 0 Å². The Labute approximate surface area is 172 Å². The maximum Gasteiger partial charge on any atom is 0.263 e. The number of benzene rings is 1. The molecule has 0 aromatic heterocycles. The van der Waals surface area contributed by atoms with E-state index in [-0.39, 0.29) is 12.5 Å². The number of rotatable bonds is 6. The third kappa shape index (κ3) is 5.52. The molecule has 2 heterocycles. The number of anilines is 1. The molecule has 0 bridgehead atoms. The molecule has 1 unspecified atom stereocenters. The van der Waals surface area contributed by atoms with Crippen molar-refractivity contribution in [3.63, 3.8) is 0 Å². The molecule has 1 N–H and O–H groups in total. The number of carbonyl (C=O) groups excluding carboxylic acids is 1. The molecule has 28 heavy (non-hydrogen) atoms. The van der Waals surface area contributed by atoms with Gasteiger partial charge in [0, 0.05) is 11.6 Å². The predicted octanol–water partition coefficient (Wildman–Crippen LogP) is 2.25. The zero-order valence-corrected chi connectivity index (χ0v) is 17.8. The Hall–Kier alpha value is -1.51. The van der Waals surface area contributed by atoms with Gasteiger partial charge in [-0.05, 0) is 57.1 Å². The third-order valence-electron chi connectivity index (χ3n) is 5.13. The summed E-state index contributed by atoms with van der Waals surface area (Å²) in [7, 11) is -3.56. The first-order valence-corrected chi connectivity index (χ1v) is 12.0. The van der Waals surface area contributed by atoms with Gasteiger partial charge < -0.3 is 15.0 Å². The maximum atomic E-state index is 12.6. The van der Waals surface area contributed by atoms with Crippen LogP contribution in [-0.2, 0) is 14.8 Å². The van der Waals surface area contributed by atoms with Gasteiger partial charge in [-0.15, -0.1) is 0 Å². The molecule has 3 rings (SSSR count). The first-order valence-electron chi connectivity index (χ1n) is 9.78. The number of nitrogens with one attached hydrogen (secondary N) is 1. The average Bonchev–Trinajstić information content (AvgIpc) is 2.92. The summed E-state index contributed by atoms with van der Waals surface area (Å²) in [5.74, 6) is 0.0379. The number of halogens is 1. The van der Waals surface area contributed by atoms with Crippen LogP contribution in [0.3, 0.4) is 0 Å². The minimum Gasteiger partial charge on any atom is -0.476 e. The average molecular weight is 430 g/mol. The van der Waals surface area contributed by atoms with Gasteiger partial charge in [0.05, 0.1) is 18.5 Å². The minimum absolute atomic E-state index is 0.0653. The Bertz CT molecular complexity index is 794. The van der Waals surface area contributed by atoms with E-state index < -0.39 is 16.1 Å². The van der Waals surface area contributed by atoms with Gasteiger partial charge in [0.1, 0.15) is 5.75 Å². The van der Waals surface area contributed by atoms with Crippen LogP contribution in [0.15, 0.2) is 18.2 Å². The molecule has 1 amide bonds. The number of amides is 1. The standard InChI is InChI=1S/C19H28ClN3O4S/c1-28(25,26)23-14-18(27-17-8-7-15(20)13-16(17)23)19(24)21-9-6-12-22-10-4-2-3-5-11-22/h7-8,13,18H,2-6,9-12,14H2,1H3,(H,21,24). The lowest BCUT2D eigenvalue weighted by Crippen LogP contribution is -2.50. The second kappa shape index (κ2) is 9.33. The Morgan fingerprint density at radius 2 is 1.96 bits per heavy atom. The van der Waals surface area contributed by atoms with Crippen molar-refractivity contribution < 1.29 is 17.9 Å². The molecule has 156 valence electrons. The van der Waals surface area contributed by atoms with Crippen LogP contribution in [0.4, 0.5) is 5.69 Å². The van der Waals surface area contributed by atoms with Crippen LogP contribution in [0.1, 0.15) is 32.1 Å². The molecule has 0 aliphatic carbocycles. The van der Waals surface area contributed by atoms with Crippen LogP contribution in [0.25, 0.3) is 0 Å². The summed E-state index contributed by atoms with van der Waals surface area (Å²) in [6.45, 7) is 3.69. The second-order valence-corrected chi connectivity index (χ2v) is 9.76. The van der Waals surface area contributed by atoms with Gasteiger partial charge in [0.25, 0.3) is 5.91 Å². The first kappa shape index (κ1) is 21.2. The maximum absolute atomic E-state index is 12.6. The molecule has 2 aliphatic rings. The fourth-order valence-corrected chi connectivity index (χ4v) is 4.74.